The summed E-state index contributed by atoms with van der Waals surface area (Å²) in [6.45, 7) is 5.02. The molecule has 2 rings (SSSR count). The molecule has 0 aliphatic carbocycles. The highest BCUT2D eigenvalue weighted by Crippen LogP contribution is 2.18. The third kappa shape index (κ3) is 2.54. The average molecular weight is 274 g/mol. The van der Waals surface area contributed by atoms with E-state index in [1.54, 1.807) is 32.9 Å². The number of benzene rings is 1. The summed E-state index contributed by atoms with van der Waals surface area (Å²) < 4.78 is 4.94. The van der Waals surface area contributed by atoms with Gasteiger partial charge in [0.1, 0.15) is 11.3 Å². The SMILES string of the molecule is Cc1cc(NC(=O)c2c(C)noc2C)ccc1C(=O)O. The maximum atomic E-state index is 12.1. The predicted octanol–water partition coefficient (Wildman–Crippen LogP) is 2.55. The van der Waals surface area contributed by atoms with Crippen molar-refractivity contribution in [2.75, 3.05) is 5.32 Å². The van der Waals surface area contributed by atoms with Crippen molar-refractivity contribution in [1.29, 1.82) is 0 Å². The van der Waals surface area contributed by atoms with Crippen LogP contribution in [0.3, 0.4) is 0 Å². The first-order chi connectivity index (χ1) is 9.40. The van der Waals surface area contributed by atoms with Crippen LogP contribution in [0.5, 0.6) is 0 Å². The van der Waals surface area contributed by atoms with Crippen molar-refractivity contribution >= 4 is 17.6 Å². The van der Waals surface area contributed by atoms with Crippen LogP contribution >= 0.6 is 0 Å². The number of carbonyl (C=O) groups excluding carboxylic acids is 1. The third-order valence-corrected chi connectivity index (χ3v) is 2.98. The molecular formula is C14H14N2O4. The molecule has 0 spiro atoms. The van der Waals surface area contributed by atoms with Gasteiger partial charge in [-0.15, -0.1) is 0 Å². The molecule has 0 aliphatic rings. The Morgan fingerprint density at radius 2 is 1.95 bits per heavy atom. The number of nitrogens with zero attached hydrogens (tertiary/aromatic N) is 1. The van der Waals surface area contributed by atoms with Gasteiger partial charge in [-0.2, -0.15) is 0 Å². The van der Waals surface area contributed by atoms with Crippen LogP contribution in [-0.2, 0) is 0 Å². The Labute approximate surface area is 115 Å². The third-order valence-electron chi connectivity index (χ3n) is 2.98. The largest absolute Gasteiger partial charge is 0.478 e. The molecule has 104 valence electrons. The molecule has 1 amide bonds. The summed E-state index contributed by atoms with van der Waals surface area (Å²) in [5.41, 5.74) is 2.22. The Hall–Kier alpha value is -2.63. The molecule has 0 aliphatic heterocycles. The van der Waals surface area contributed by atoms with Gasteiger partial charge in [0.2, 0.25) is 0 Å². The average Bonchev–Trinajstić information content (AvgIpc) is 2.68. The number of amides is 1. The second-order valence-corrected chi connectivity index (χ2v) is 4.49. The van der Waals surface area contributed by atoms with Crippen LogP contribution in [0.25, 0.3) is 0 Å². The van der Waals surface area contributed by atoms with Crippen molar-refractivity contribution in [3.8, 4) is 0 Å². The summed E-state index contributed by atoms with van der Waals surface area (Å²) in [4.78, 5) is 23.0. The molecule has 0 atom stereocenters. The number of rotatable bonds is 3. The van der Waals surface area contributed by atoms with Crippen molar-refractivity contribution < 1.29 is 19.2 Å². The molecule has 6 heteroatoms. The Balaban J connectivity index is 2.25. The zero-order valence-electron chi connectivity index (χ0n) is 11.4. The number of aryl methyl sites for hydroxylation is 3. The zero-order valence-corrected chi connectivity index (χ0v) is 11.4. The highest BCUT2D eigenvalue weighted by atomic mass is 16.5. The van der Waals surface area contributed by atoms with E-state index in [0.717, 1.165) is 0 Å². The van der Waals surface area contributed by atoms with Crippen molar-refractivity contribution in [3.05, 3.63) is 46.3 Å². The van der Waals surface area contributed by atoms with Crippen LogP contribution in [0.15, 0.2) is 22.7 Å². The van der Waals surface area contributed by atoms with Gasteiger partial charge in [0, 0.05) is 5.69 Å². The first kappa shape index (κ1) is 13.8. The van der Waals surface area contributed by atoms with Gasteiger partial charge in [0.15, 0.2) is 0 Å². The van der Waals surface area contributed by atoms with E-state index in [-0.39, 0.29) is 11.5 Å². The monoisotopic (exact) mass is 274 g/mol. The Morgan fingerprint density at radius 3 is 2.45 bits per heavy atom. The van der Waals surface area contributed by atoms with Gasteiger partial charge in [-0.1, -0.05) is 5.16 Å². The van der Waals surface area contributed by atoms with Crippen LogP contribution < -0.4 is 5.32 Å². The second kappa shape index (κ2) is 5.16. The zero-order chi connectivity index (χ0) is 14.9. The van der Waals surface area contributed by atoms with Gasteiger partial charge in [-0.25, -0.2) is 4.79 Å². The summed E-state index contributed by atoms with van der Waals surface area (Å²) >= 11 is 0. The fraction of sp³-hybridized carbons (Fsp3) is 0.214. The van der Waals surface area contributed by atoms with Crippen molar-refractivity contribution in [2.45, 2.75) is 20.8 Å². The fourth-order valence-electron chi connectivity index (χ4n) is 1.98. The number of carboxylic acids is 1. The van der Waals surface area contributed by atoms with E-state index in [9.17, 15) is 9.59 Å². The van der Waals surface area contributed by atoms with E-state index >= 15 is 0 Å². The lowest BCUT2D eigenvalue weighted by molar-refractivity contribution is 0.0696. The summed E-state index contributed by atoms with van der Waals surface area (Å²) in [6, 6.07) is 4.62. The maximum Gasteiger partial charge on any atom is 0.335 e. The number of anilines is 1. The lowest BCUT2D eigenvalue weighted by atomic mass is 10.1. The first-order valence-corrected chi connectivity index (χ1v) is 5.98. The summed E-state index contributed by atoms with van der Waals surface area (Å²) in [5, 5.41) is 15.4. The topological polar surface area (TPSA) is 92.4 Å². The normalized spacial score (nSPS) is 10.3. The lowest BCUT2D eigenvalue weighted by Gasteiger charge is -2.07. The highest BCUT2D eigenvalue weighted by Gasteiger charge is 2.18. The van der Waals surface area contributed by atoms with Gasteiger partial charge in [0.25, 0.3) is 5.91 Å². The number of hydrogen-bond acceptors (Lipinski definition) is 4. The van der Waals surface area contributed by atoms with E-state index in [0.29, 0.717) is 28.3 Å². The van der Waals surface area contributed by atoms with Crippen molar-refractivity contribution in [1.82, 2.24) is 5.16 Å². The molecular weight excluding hydrogens is 260 g/mol. The number of aromatic nitrogens is 1. The number of carboxylic acid groups (broad SMARTS) is 1. The molecule has 0 fully saturated rings. The molecule has 0 saturated carbocycles. The van der Waals surface area contributed by atoms with Crippen molar-refractivity contribution in [2.24, 2.45) is 0 Å². The Kier molecular flexibility index (Phi) is 3.56. The van der Waals surface area contributed by atoms with E-state index in [1.807, 2.05) is 0 Å². The Morgan fingerprint density at radius 1 is 1.25 bits per heavy atom. The standard InChI is InChI=1S/C14H14N2O4/c1-7-6-10(4-5-11(7)14(18)19)15-13(17)12-8(2)16-20-9(12)3/h4-6H,1-3H3,(H,15,17)(H,18,19). The smallest absolute Gasteiger partial charge is 0.335 e. The number of nitrogens with one attached hydrogen (secondary N) is 1. The summed E-state index contributed by atoms with van der Waals surface area (Å²) in [7, 11) is 0. The van der Waals surface area contributed by atoms with E-state index in [4.69, 9.17) is 9.63 Å². The maximum absolute atomic E-state index is 12.1. The quantitative estimate of drug-likeness (QED) is 0.897. The van der Waals surface area contributed by atoms with Crippen LogP contribution in [-0.4, -0.2) is 22.1 Å². The minimum atomic E-state index is -0.994. The molecule has 1 aromatic carbocycles. The number of carbonyl (C=O) groups is 2. The number of aromatic carboxylic acids is 1. The lowest BCUT2D eigenvalue weighted by Crippen LogP contribution is -2.14. The molecule has 1 heterocycles. The molecule has 2 N–H and O–H groups in total. The highest BCUT2D eigenvalue weighted by molar-refractivity contribution is 6.05. The first-order valence-electron chi connectivity index (χ1n) is 5.98. The van der Waals surface area contributed by atoms with E-state index in [2.05, 4.69) is 10.5 Å². The Bertz CT molecular complexity index is 669. The summed E-state index contributed by atoms with van der Waals surface area (Å²) in [5.74, 6) is -0.881. The minimum absolute atomic E-state index is 0.209. The molecule has 1 aromatic heterocycles. The molecule has 0 radical (unpaired) electrons. The number of hydrogen-bond donors (Lipinski definition) is 2. The van der Waals surface area contributed by atoms with Crippen LogP contribution in [0.2, 0.25) is 0 Å². The van der Waals surface area contributed by atoms with Crippen molar-refractivity contribution in [3.63, 3.8) is 0 Å². The molecule has 2 aromatic rings. The van der Waals surface area contributed by atoms with E-state index in [1.165, 1.54) is 6.07 Å². The molecule has 0 unspecified atom stereocenters. The fourth-order valence-corrected chi connectivity index (χ4v) is 1.98. The van der Waals surface area contributed by atoms with Crippen LogP contribution in [0.4, 0.5) is 5.69 Å². The van der Waals surface area contributed by atoms with Gasteiger partial charge >= 0.3 is 5.97 Å². The summed E-state index contributed by atoms with van der Waals surface area (Å²) in [6.07, 6.45) is 0. The van der Waals surface area contributed by atoms with Gasteiger partial charge in [0.05, 0.1) is 11.3 Å². The van der Waals surface area contributed by atoms with Crippen LogP contribution in [0.1, 0.15) is 37.7 Å². The van der Waals surface area contributed by atoms with Gasteiger partial charge < -0.3 is 14.9 Å². The van der Waals surface area contributed by atoms with Gasteiger partial charge in [-0.3, -0.25) is 4.79 Å². The van der Waals surface area contributed by atoms with Gasteiger partial charge in [-0.05, 0) is 44.5 Å². The second-order valence-electron chi connectivity index (χ2n) is 4.49. The molecule has 0 saturated heterocycles. The minimum Gasteiger partial charge on any atom is -0.478 e. The molecule has 20 heavy (non-hydrogen) atoms. The van der Waals surface area contributed by atoms with E-state index < -0.39 is 5.97 Å². The predicted molar refractivity (Wildman–Crippen MR) is 72.1 cm³/mol. The molecule has 6 nitrogen and oxygen atoms in total. The van der Waals surface area contributed by atoms with Crippen LogP contribution in [0, 0.1) is 20.8 Å². The molecule has 0 bridgehead atoms.